The van der Waals surface area contributed by atoms with E-state index in [4.69, 9.17) is 4.74 Å². The lowest BCUT2D eigenvalue weighted by Gasteiger charge is -2.31. The van der Waals surface area contributed by atoms with Gasteiger partial charge in [0.15, 0.2) is 17.7 Å². The maximum absolute atomic E-state index is 12.5. The fourth-order valence-electron chi connectivity index (χ4n) is 3.09. The average Bonchev–Trinajstić information content (AvgIpc) is 3.12. The summed E-state index contributed by atoms with van der Waals surface area (Å²) in [7, 11) is 0. The zero-order valence-electron chi connectivity index (χ0n) is 13.6. The van der Waals surface area contributed by atoms with Crippen molar-refractivity contribution in [3.05, 3.63) is 51.7 Å². The maximum Gasteiger partial charge on any atom is 0.276 e. The first-order valence-corrected chi connectivity index (χ1v) is 7.99. The molecule has 2 aromatic rings. The van der Waals surface area contributed by atoms with Gasteiger partial charge in [-0.1, -0.05) is 0 Å². The van der Waals surface area contributed by atoms with E-state index in [0.29, 0.717) is 18.7 Å². The number of hydrogen-bond donors (Lipinski definition) is 2. The van der Waals surface area contributed by atoms with Crippen LogP contribution in [0, 0.1) is 0 Å². The van der Waals surface area contributed by atoms with Crippen LogP contribution >= 0.6 is 0 Å². The Hall–Kier alpha value is -3.27. The normalized spacial score (nSPS) is 18.4. The first-order chi connectivity index (χ1) is 12.6. The third-order valence-corrected chi connectivity index (χ3v) is 4.41. The molecule has 10 nitrogen and oxygen atoms in total. The highest BCUT2D eigenvalue weighted by molar-refractivity contribution is 5.99. The number of fused-ring (bicyclic) bond motifs is 2. The highest BCUT2D eigenvalue weighted by Crippen LogP contribution is 2.26. The third-order valence-electron chi connectivity index (χ3n) is 4.41. The van der Waals surface area contributed by atoms with Gasteiger partial charge in [0.1, 0.15) is 5.56 Å². The van der Waals surface area contributed by atoms with Crippen molar-refractivity contribution in [2.75, 3.05) is 13.2 Å². The number of carbonyl (C=O) groups excluding carboxylic acids is 2. The molecule has 134 valence electrons. The number of nitrogens with one attached hydrogen (secondary N) is 1. The fourth-order valence-corrected chi connectivity index (χ4v) is 3.09. The summed E-state index contributed by atoms with van der Waals surface area (Å²) >= 11 is 0. The van der Waals surface area contributed by atoms with Crippen LogP contribution in [0.5, 0.6) is 5.75 Å². The predicted octanol–water partition coefficient (Wildman–Crippen LogP) is -0.914. The van der Waals surface area contributed by atoms with Crippen LogP contribution in [0.1, 0.15) is 26.4 Å². The monoisotopic (exact) mass is 357 g/mol. The summed E-state index contributed by atoms with van der Waals surface area (Å²) in [5.41, 5.74) is -0.534. The van der Waals surface area contributed by atoms with Gasteiger partial charge in [-0.15, -0.1) is 0 Å². The van der Waals surface area contributed by atoms with Gasteiger partial charge in [0.25, 0.3) is 11.8 Å². The summed E-state index contributed by atoms with van der Waals surface area (Å²) in [6, 6.07) is 1.68. The zero-order chi connectivity index (χ0) is 18.3. The minimum atomic E-state index is -0.881. The van der Waals surface area contributed by atoms with E-state index >= 15 is 0 Å². The number of hydrogen-bond acceptors (Lipinski definition) is 7. The van der Waals surface area contributed by atoms with E-state index < -0.39 is 29.2 Å². The van der Waals surface area contributed by atoms with Crippen LogP contribution in [0.3, 0.4) is 0 Å². The van der Waals surface area contributed by atoms with Crippen molar-refractivity contribution in [1.29, 1.82) is 0 Å². The minimum Gasteiger partial charge on any atom is -0.503 e. The molecule has 2 N–H and O–H groups in total. The van der Waals surface area contributed by atoms with E-state index in [1.807, 2.05) is 0 Å². The number of carbonyl (C=O) groups is 2. The standard InChI is InChI=1S/C16H15N5O5/c22-13-10(15(24)17-5-9-1-2-18-19-6-9)7-20-8-11-21(3-4-26-11)16(25)12(20)14(13)23/h1-2,6-7,11,23H,3-5,8H2,(H,17,24). The summed E-state index contributed by atoms with van der Waals surface area (Å²) < 4.78 is 6.87. The molecule has 0 aromatic carbocycles. The van der Waals surface area contributed by atoms with Crippen molar-refractivity contribution < 1.29 is 19.4 Å². The molecule has 1 unspecified atom stereocenters. The molecule has 2 aromatic heterocycles. The summed E-state index contributed by atoms with van der Waals surface area (Å²) in [6.07, 6.45) is 3.80. The quantitative estimate of drug-likeness (QED) is 0.728. The first-order valence-electron chi connectivity index (χ1n) is 7.99. The van der Waals surface area contributed by atoms with Crippen molar-refractivity contribution in [2.45, 2.75) is 19.3 Å². The third kappa shape index (κ3) is 2.60. The number of amides is 2. The van der Waals surface area contributed by atoms with Crippen LogP contribution in [0.15, 0.2) is 29.5 Å². The zero-order valence-corrected chi connectivity index (χ0v) is 13.6. The van der Waals surface area contributed by atoms with Crippen LogP contribution in [-0.4, -0.2) is 56.0 Å². The average molecular weight is 357 g/mol. The molecule has 2 amide bonds. The lowest BCUT2D eigenvalue weighted by molar-refractivity contribution is 0.00845. The van der Waals surface area contributed by atoms with Gasteiger partial charge in [0, 0.05) is 25.5 Å². The van der Waals surface area contributed by atoms with Crippen LogP contribution < -0.4 is 10.7 Å². The summed E-state index contributed by atoms with van der Waals surface area (Å²) in [6.45, 7) is 1.18. The molecule has 4 rings (SSSR count). The van der Waals surface area contributed by atoms with Crippen LogP contribution in [0.2, 0.25) is 0 Å². The number of aromatic hydroxyl groups is 1. The van der Waals surface area contributed by atoms with Gasteiger partial charge in [-0.2, -0.15) is 10.2 Å². The van der Waals surface area contributed by atoms with Gasteiger partial charge in [0.2, 0.25) is 5.43 Å². The van der Waals surface area contributed by atoms with Gasteiger partial charge in [-0.05, 0) is 11.6 Å². The van der Waals surface area contributed by atoms with Crippen LogP contribution in [0.4, 0.5) is 0 Å². The molecule has 2 aliphatic heterocycles. The molecular weight excluding hydrogens is 342 g/mol. The summed E-state index contributed by atoms with van der Waals surface area (Å²) in [4.78, 5) is 38.7. The Balaban J connectivity index is 1.64. The lowest BCUT2D eigenvalue weighted by atomic mass is 10.1. The molecule has 4 heterocycles. The van der Waals surface area contributed by atoms with Gasteiger partial charge < -0.3 is 24.6 Å². The molecule has 10 heteroatoms. The molecule has 0 bridgehead atoms. The Morgan fingerprint density at radius 2 is 2.23 bits per heavy atom. The summed E-state index contributed by atoms with van der Waals surface area (Å²) in [5, 5.41) is 20.2. The Morgan fingerprint density at radius 1 is 1.38 bits per heavy atom. The van der Waals surface area contributed by atoms with Crippen molar-refractivity contribution in [3.8, 4) is 5.75 Å². The van der Waals surface area contributed by atoms with E-state index in [-0.39, 0.29) is 24.3 Å². The van der Waals surface area contributed by atoms with Crippen molar-refractivity contribution >= 4 is 11.8 Å². The van der Waals surface area contributed by atoms with E-state index in [9.17, 15) is 19.5 Å². The second kappa shape index (κ2) is 6.23. The molecule has 26 heavy (non-hydrogen) atoms. The first kappa shape index (κ1) is 16.2. The number of ether oxygens (including phenoxy) is 1. The second-order valence-electron chi connectivity index (χ2n) is 5.98. The van der Waals surface area contributed by atoms with Gasteiger partial charge in [-0.25, -0.2) is 0 Å². The molecule has 2 aliphatic rings. The maximum atomic E-state index is 12.5. The van der Waals surface area contributed by atoms with E-state index in [1.165, 1.54) is 28.1 Å². The SMILES string of the molecule is O=C(NCc1ccnnc1)c1cn2c(c(O)c1=O)C(=O)N1CCOC1C2. The number of pyridine rings is 1. The van der Waals surface area contributed by atoms with Crippen molar-refractivity contribution in [1.82, 2.24) is 25.0 Å². The Morgan fingerprint density at radius 3 is 3.00 bits per heavy atom. The van der Waals surface area contributed by atoms with Crippen molar-refractivity contribution in [2.24, 2.45) is 0 Å². The molecular formula is C16H15N5O5. The topological polar surface area (TPSA) is 127 Å². The lowest BCUT2D eigenvalue weighted by Crippen LogP contribution is -2.46. The Kier molecular flexibility index (Phi) is 3.88. The van der Waals surface area contributed by atoms with Gasteiger partial charge in [-0.3, -0.25) is 14.4 Å². The van der Waals surface area contributed by atoms with E-state index in [0.717, 1.165) is 0 Å². The van der Waals surface area contributed by atoms with Gasteiger partial charge in [0.05, 0.1) is 19.3 Å². The number of aromatic nitrogens is 3. The molecule has 0 aliphatic carbocycles. The van der Waals surface area contributed by atoms with Gasteiger partial charge >= 0.3 is 0 Å². The Labute approximate surface area is 147 Å². The van der Waals surface area contributed by atoms with E-state index in [2.05, 4.69) is 15.5 Å². The molecule has 0 radical (unpaired) electrons. The largest absolute Gasteiger partial charge is 0.503 e. The highest BCUT2D eigenvalue weighted by atomic mass is 16.5. The second-order valence-corrected chi connectivity index (χ2v) is 5.98. The molecule has 0 saturated carbocycles. The Bertz CT molecular complexity index is 942. The van der Waals surface area contributed by atoms with Crippen LogP contribution in [0.25, 0.3) is 0 Å². The molecule has 1 atom stereocenters. The van der Waals surface area contributed by atoms with Crippen LogP contribution in [-0.2, 0) is 17.8 Å². The number of rotatable bonds is 3. The molecule has 1 fully saturated rings. The fraction of sp³-hybridized carbons (Fsp3) is 0.312. The van der Waals surface area contributed by atoms with E-state index in [1.54, 1.807) is 6.07 Å². The predicted molar refractivity (Wildman–Crippen MR) is 86.3 cm³/mol. The van der Waals surface area contributed by atoms with Crippen molar-refractivity contribution in [3.63, 3.8) is 0 Å². The molecule has 0 spiro atoms. The molecule has 1 saturated heterocycles. The minimum absolute atomic E-state index is 0.119. The highest BCUT2D eigenvalue weighted by Gasteiger charge is 2.39. The number of nitrogens with zero attached hydrogens (tertiary/aromatic N) is 4. The summed E-state index contributed by atoms with van der Waals surface area (Å²) in [5.74, 6) is -1.86. The smallest absolute Gasteiger partial charge is 0.276 e.